The predicted octanol–water partition coefficient (Wildman–Crippen LogP) is 2.48. The number of likely N-dealkylation sites (N-methyl/N-ethyl adjacent to an activating group) is 1. The lowest BCUT2D eigenvalue weighted by atomic mass is 9.94. The molecule has 0 aromatic heterocycles. The minimum Gasteiger partial charge on any atom is -0.484 e. The Morgan fingerprint density at radius 2 is 1.73 bits per heavy atom. The van der Waals surface area contributed by atoms with Crippen molar-refractivity contribution in [3.05, 3.63) is 60.2 Å². The molecule has 6 nitrogen and oxygen atoms in total. The number of anilines is 1. The van der Waals surface area contributed by atoms with Gasteiger partial charge in [0.05, 0.1) is 5.92 Å². The van der Waals surface area contributed by atoms with Crippen LogP contribution in [-0.4, -0.2) is 25.0 Å². The first-order valence-corrected chi connectivity index (χ1v) is 8.62. The van der Waals surface area contributed by atoms with Gasteiger partial charge in [-0.1, -0.05) is 37.3 Å². The largest absolute Gasteiger partial charge is 0.484 e. The smallest absolute Gasteiger partial charge is 0.257 e. The fraction of sp³-hybridized carbons (Fsp3) is 0.300. The highest BCUT2D eigenvalue weighted by atomic mass is 16.5. The molecular weight excluding hydrogens is 330 g/mol. The highest BCUT2D eigenvalue weighted by molar-refractivity contribution is 5.92. The van der Waals surface area contributed by atoms with E-state index < -0.39 is 0 Å². The summed E-state index contributed by atoms with van der Waals surface area (Å²) in [7, 11) is 0. The third-order valence-corrected chi connectivity index (χ3v) is 4.00. The average Bonchev–Trinajstić information content (AvgIpc) is 2.67. The van der Waals surface area contributed by atoms with E-state index >= 15 is 0 Å². The summed E-state index contributed by atoms with van der Waals surface area (Å²) >= 11 is 0. The van der Waals surface area contributed by atoms with E-state index in [1.54, 1.807) is 31.2 Å². The standard InChI is InChI=1S/C20H25N3O3/c1-3-22-18(24)13-26-17-11-9-16(10-12-17)23-20(25)14(2)19(21)15-7-5-4-6-8-15/h4-12,14,19H,3,13,21H2,1-2H3,(H,22,24)(H,23,25). The number of hydrogen-bond donors (Lipinski definition) is 3. The van der Waals surface area contributed by atoms with Crippen molar-refractivity contribution >= 4 is 17.5 Å². The van der Waals surface area contributed by atoms with Crippen molar-refractivity contribution in [2.75, 3.05) is 18.5 Å². The van der Waals surface area contributed by atoms with Crippen LogP contribution in [0.5, 0.6) is 5.75 Å². The van der Waals surface area contributed by atoms with Crippen LogP contribution in [0.3, 0.4) is 0 Å². The molecule has 4 N–H and O–H groups in total. The maximum absolute atomic E-state index is 12.4. The van der Waals surface area contributed by atoms with Crippen LogP contribution in [0, 0.1) is 5.92 Å². The van der Waals surface area contributed by atoms with Crippen LogP contribution >= 0.6 is 0 Å². The van der Waals surface area contributed by atoms with Gasteiger partial charge in [0.2, 0.25) is 5.91 Å². The second-order valence-corrected chi connectivity index (χ2v) is 5.98. The minimum absolute atomic E-state index is 0.0392. The molecule has 0 saturated carbocycles. The van der Waals surface area contributed by atoms with Gasteiger partial charge in [0, 0.05) is 18.3 Å². The first kappa shape index (κ1) is 19.5. The van der Waals surface area contributed by atoms with Gasteiger partial charge in [0.1, 0.15) is 5.75 Å². The Balaban J connectivity index is 1.89. The Labute approximate surface area is 153 Å². The number of ether oxygens (including phenoxy) is 1. The summed E-state index contributed by atoms with van der Waals surface area (Å²) in [4.78, 5) is 23.8. The van der Waals surface area contributed by atoms with Crippen molar-refractivity contribution in [3.63, 3.8) is 0 Å². The number of nitrogens with two attached hydrogens (primary N) is 1. The highest BCUT2D eigenvalue weighted by Gasteiger charge is 2.22. The normalized spacial score (nSPS) is 12.7. The van der Waals surface area contributed by atoms with Gasteiger partial charge in [-0.3, -0.25) is 9.59 Å². The zero-order valence-electron chi connectivity index (χ0n) is 15.1. The van der Waals surface area contributed by atoms with Gasteiger partial charge in [-0.15, -0.1) is 0 Å². The number of carbonyl (C=O) groups excluding carboxylic acids is 2. The molecule has 0 bridgehead atoms. The van der Waals surface area contributed by atoms with Crippen molar-refractivity contribution in [2.24, 2.45) is 11.7 Å². The summed E-state index contributed by atoms with van der Waals surface area (Å²) in [5, 5.41) is 5.51. The third kappa shape index (κ3) is 5.60. The summed E-state index contributed by atoms with van der Waals surface area (Å²) < 4.78 is 5.38. The van der Waals surface area contributed by atoms with Crippen LogP contribution < -0.4 is 21.1 Å². The fourth-order valence-electron chi connectivity index (χ4n) is 2.41. The Kier molecular flexibility index (Phi) is 7.17. The summed E-state index contributed by atoms with van der Waals surface area (Å²) in [6.07, 6.45) is 0. The van der Waals surface area contributed by atoms with Crippen molar-refractivity contribution in [2.45, 2.75) is 19.9 Å². The highest BCUT2D eigenvalue weighted by Crippen LogP contribution is 2.22. The van der Waals surface area contributed by atoms with Crippen LogP contribution in [0.4, 0.5) is 5.69 Å². The monoisotopic (exact) mass is 355 g/mol. The van der Waals surface area contributed by atoms with E-state index in [1.165, 1.54) is 0 Å². The number of hydrogen-bond acceptors (Lipinski definition) is 4. The molecule has 26 heavy (non-hydrogen) atoms. The molecule has 0 heterocycles. The first-order valence-electron chi connectivity index (χ1n) is 8.62. The lowest BCUT2D eigenvalue weighted by molar-refractivity contribution is -0.123. The third-order valence-electron chi connectivity index (χ3n) is 4.00. The van der Waals surface area contributed by atoms with Gasteiger partial charge in [0.25, 0.3) is 5.91 Å². The van der Waals surface area contributed by atoms with E-state index in [0.29, 0.717) is 18.0 Å². The molecule has 0 saturated heterocycles. The van der Waals surface area contributed by atoms with Crippen LogP contribution in [0.1, 0.15) is 25.5 Å². The number of benzene rings is 2. The van der Waals surface area contributed by atoms with Gasteiger partial charge in [0.15, 0.2) is 6.61 Å². The lowest BCUT2D eigenvalue weighted by Gasteiger charge is -2.20. The van der Waals surface area contributed by atoms with Crippen molar-refractivity contribution in [1.82, 2.24) is 5.32 Å². The molecule has 2 aromatic rings. The molecule has 2 unspecified atom stereocenters. The molecule has 2 atom stereocenters. The van der Waals surface area contributed by atoms with Gasteiger partial charge in [-0.25, -0.2) is 0 Å². The second-order valence-electron chi connectivity index (χ2n) is 5.98. The van der Waals surface area contributed by atoms with E-state index in [0.717, 1.165) is 5.56 Å². The number of amides is 2. The Morgan fingerprint density at radius 3 is 2.35 bits per heavy atom. The van der Waals surface area contributed by atoms with E-state index in [-0.39, 0.29) is 30.4 Å². The molecule has 0 aliphatic rings. The topological polar surface area (TPSA) is 93.5 Å². The molecule has 2 amide bonds. The number of nitrogens with one attached hydrogen (secondary N) is 2. The summed E-state index contributed by atoms with van der Waals surface area (Å²) in [5.41, 5.74) is 7.76. The summed E-state index contributed by atoms with van der Waals surface area (Å²) in [6, 6.07) is 16.0. The molecule has 6 heteroatoms. The zero-order valence-corrected chi connectivity index (χ0v) is 15.1. The van der Waals surface area contributed by atoms with Gasteiger partial charge in [-0.05, 0) is 36.8 Å². The Morgan fingerprint density at radius 1 is 1.08 bits per heavy atom. The maximum Gasteiger partial charge on any atom is 0.257 e. The lowest BCUT2D eigenvalue weighted by Crippen LogP contribution is -2.30. The fourth-order valence-corrected chi connectivity index (χ4v) is 2.41. The van der Waals surface area contributed by atoms with Crippen LogP contribution in [0.15, 0.2) is 54.6 Å². The van der Waals surface area contributed by atoms with Gasteiger partial charge >= 0.3 is 0 Å². The summed E-state index contributed by atoms with van der Waals surface area (Å²) in [6.45, 7) is 4.18. The number of carbonyl (C=O) groups is 2. The molecule has 0 spiro atoms. The Hall–Kier alpha value is -2.86. The van der Waals surface area contributed by atoms with E-state index in [9.17, 15) is 9.59 Å². The first-order chi connectivity index (χ1) is 12.5. The molecule has 138 valence electrons. The van der Waals surface area contributed by atoms with Crippen LogP contribution in [-0.2, 0) is 9.59 Å². The molecule has 2 aromatic carbocycles. The van der Waals surface area contributed by atoms with Crippen LogP contribution in [0.25, 0.3) is 0 Å². The minimum atomic E-state index is -0.383. The SMILES string of the molecule is CCNC(=O)COc1ccc(NC(=O)C(C)C(N)c2ccccc2)cc1. The van der Waals surface area contributed by atoms with Crippen molar-refractivity contribution in [1.29, 1.82) is 0 Å². The van der Waals surface area contributed by atoms with Gasteiger partial charge < -0.3 is 21.1 Å². The molecule has 0 radical (unpaired) electrons. The van der Waals surface area contributed by atoms with Gasteiger partial charge in [-0.2, -0.15) is 0 Å². The van der Waals surface area contributed by atoms with Crippen molar-refractivity contribution in [3.8, 4) is 5.75 Å². The van der Waals surface area contributed by atoms with Crippen LogP contribution in [0.2, 0.25) is 0 Å². The van der Waals surface area contributed by atoms with E-state index in [4.69, 9.17) is 10.5 Å². The zero-order chi connectivity index (χ0) is 18.9. The predicted molar refractivity (Wildman–Crippen MR) is 102 cm³/mol. The van der Waals surface area contributed by atoms with Crippen molar-refractivity contribution < 1.29 is 14.3 Å². The van der Waals surface area contributed by atoms with E-state index in [2.05, 4.69) is 10.6 Å². The molecular formula is C20H25N3O3. The quantitative estimate of drug-likeness (QED) is 0.678. The molecule has 0 fully saturated rings. The Bertz CT molecular complexity index is 717. The molecule has 2 rings (SSSR count). The number of rotatable bonds is 8. The maximum atomic E-state index is 12.4. The van der Waals surface area contributed by atoms with E-state index in [1.807, 2.05) is 37.3 Å². The second kappa shape index (κ2) is 9.58. The average molecular weight is 355 g/mol. The molecule has 0 aliphatic carbocycles. The molecule has 0 aliphatic heterocycles. The summed E-state index contributed by atoms with van der Waals surface area (Å²) in [5.74, 6) is -0.152.